The van der Waals surface area contributed by atoms with Crippen molar-refractivity contribution >= 4 is 10.4 Å². The van der Waals surface area contributed by atoms with Crippen LogP contribution in [0.5, 0.6) is 0 Å². The minimum atomic E-state index is -5.08. The summed E-state index contributed by atoms with van der Waals surface area (Å²) < 4.78 is 38.5. The molecule has 0 amide bonds. The molecule has 0 saturated heterocycles. The van der Waals surface area contributed by atoms with Crippen LogP contribution in [0.25, 0.3) is 0 Å². The molecule has 0 saturated carbocycles. The van der Waals surface area contributed by atoms with E-state index in [2.05, 4.69) is 0 Å². The number of halogens is 1. The van der Waals surface area contributed by atoms with Gasteiger partial charge in [-0.3, -0.25) is 0 Å². The average Bonchev–Trinajstić information content (AvgIpc) is 1.35. The number of hydrogen-bond donors (Lipinski definition) is 0. The molecule has 0 unspecified atom stereocenters. The van der Waals surface area contributed by atoms with Crippen molar-refractivity contribution in [3.63, 3.8) is 0 Å². The second-order valence-corrected chi connectivity index (χ2v) is 1.41. The molecule has 0 aliphatic carbocycles. The first-order valence-electron chi connectivity index (χ1n) is 0.821. The van der Waals surface area contributed by atoms with Crippen LogP contribution < -0.4 is 29.6 Å². The zero-order valence-corrected chi connectivity index (χ0v) is 7.69. The van der Waals surface area contributed by atoms with Gasteiger partial charge in [0.15, 0.2) is 0 Å². The summed E-state index contributed by atoms with van der Waals surface area (Å²) in [5, 5.41) is 0. The predicted octanol–water partition coefficient (Wildman–Crippen LogP) is -3.65. The van der Waals surface area contributed by atoms with Gasteiger partial charge in [0.05, 0.1) is 0 Å². The second kappa shape index (κ2) is 6.44. The molecule has 0 aliphatic heterocycles. The largest absolute Gasteiger partial charge is 1.00 e. The van der Waals surface area contributed by atoms with Gasteiger partial charge in [0, 0.05) is 17.1 Å². The maximum absolute atomic E-state index is 10.1. The maximum Gasteiger partial charge on any atom is 1.00 e. The van der Waals surface area contributed by atoms with Crippen molar-refractivity contribution < 1.29 is 68.5 Å². The number of rotatable bonds is 1. The maximum atomic E-state index is 10.1. The Bertz CT molecular complexity index is 118. The SMILES string of the molecule is O=S(=O)([O-])OF.[Fe].[Na+]. The standard InChI is InChI=1S/FHO4S.Fe.Na/c1-5-6(2,3)4;;/h(H,2,3,4);;/q;;+1/p-1. The third kappa shape index (κ3) is 15.7. The fraction of sp³-hybridized carbons (Fsp3) is 0. The van der Waals surface area contributed by atoms with Gasteiger partial charge in [-0.1, -0.05) is 4.39 Å². The van der Waals surface area contributed by atoms with Gasteiger partial charge in [-0.05, 0) is 4.53 Å². The summed E-state index contributed by atoms with van der Waals surface area (Å²) in [6.45, 7) is 0. The topological polar surface area (TPSA) is 66.4 Å². The molecule has 0 heterocycles. The van der Waals surface area contributed by atoms with Gasteiger partial charge in [-0.15, -0.1) is 0 Å². The molecule has 0 bridgehead atoms. The quantitative estimate of drug-likeness (QED) is 0.245. The van der Waals surface area contributed by atoms with Crippen LogP contribution in [0.15, 0.2) is 0 Å². The Hall–Kier alpha value is 1.32. The van der Waals surface area contributed by atoms with Crippen molar-refractivity contribution in [2.75, 3.05) is 0 Å². The predicted molar refractivity (Wildman–Crippen MR) is 11.9 cm³/mol. The van der Waals surface area contributed by atoms with Gasteiger partial charge < -0.3 is 4.55 Å². The normalized spacial score (nSPS) is 8.75. The van der Waals surface area contributed by atoms with Gasteiger partial charge in [0.2, 0.25) is 10.4 Å². The molecule has 0 aromatic rings. The molecule has 4 nitrogen and oxygen atoms in total. The summed E-state index contributed by atoms with van der Waals surface area (Å²) >= 11 is 0. The first-order chi connectivity index (χ1) is 2.56. The Kier molecular flexibility index (Phi) is 13.0. The van der Waals surface area contributed by atoms with Crippen LogP contribution in [0, 0.1) is 0 Å². The van der Waals surface area contributed by atoms with E-state index in [1.165, 1.54) is 0 Å². The van der Waals surface area contributed by atoms with Crippen LogP contribution in [-0.2, 0) is 31.9 Å². The van der Waals surface area contributed by atoms with Crippen LogP contribution in [0.4, 0.5) is 4.53 Å². The van der Waals surface area contributed by atoms with Crippen molar-refractivity contribution in [2.45, 2.75) is 0 Å². The summed E-state index contributed by atoms with van der Waals surface area (Å²) in [6.07, 6.45) is 0. The Morgan fingerprint density at radius 2 is 1.62 bits per heavy atom. The van der Waals surface area contributed by atoms with E-state index < -0.39 is 10.4 Å². The van der Waals surface area contributed by atoms with Crippen LogP contribution in [-0.4, -0.2) is 13.0 Å². The van der Waals surface area contributed by atoms with Gasteiger partial charge in [0.1, 0.15) is 0 Å². The van der Waals surface area contributed by atoms with Crippen molar-refractivity contribution in [3.8, 4) is 0 Å². The third-order valence-corrected chi connectivity index (χ3v) is 0.231. The van der Waals surface area contributed by atoms with Crippen molar-refractivity contribution in [3.05, 3.63) is 0 Å². The first kappa shape index (κ1) is 16.2. The molecule has 0 rings (SSSR count). The van der Waals surface area contributed by atoms with Crippen molar-refractivity contribution in [2.24, 2.45) is 0 Å². The van der Waals surface area contributed by atoms with E-state index in [0.29, 0.717) is 0 Å². The van der Waals surface area contributed by atoms with Crippen molar-refractivity contribution in [1.29, 1.82) is 0 Å². The number of hydrogen-bond acceptors (Lipinski definition) is 4. The van der Waals surface area contributed by atoms with Crippen LogP contribution in [0.1, 0.15) is 0 Å². The van der Waals surface area contributed by atoms with Gasteiger partial charge >= 0.3 is 29.6 Å². The Morgan fingerprint density at radius 3 is 1.62 bits per heavy atom. The van der Waals surface area contributed by atoms with Crippen LogP contribution in [0.2, 0.25) is 0 Å². The molecule has 0 atom stereocenters. The molecular formula is FFeNaO4S. The fourth-order valence-electron chi connectivity index (χ4n) is 0. The fourth-order valence-corrected chi connectivity index (χ4v) is 0. The summed E-state index contributed by atoms with van der Waals surface area (Å²) in [4.78, 5) is 0. The monoisotopic (exact) mass is 194 g/mol. The van der Waals surface area contributed by atoms with E-state index in [0.717, 1.165) is 0 Å². The van der Waals surface area contributed by atoms with E-state index in [-0.39, 0.29) is 46.6 Å². The molecular weight excluding hydrogens is 194 g/mol. The zero-order chi connectivity index (χ0) is 5.21. The minimum absolute atomic E-state index is 0. The molecule has 0 radical (unpaired) electrons. The summed E-state index contributed by atoms with van der Waals surface area (Å²) in [7, 11) is -5.08. The van der Waals surface area contributed by atoms with Gasteiger partial charge in [-0.2, -0.15) is 0 Å². The Morgan fingerprint density at radius 1 is 1.50 bits per heavy atom. The van der Waals surface area contributed by atoms with E-state index in [4.69, 9.17) is 13.0 Å². The zero-order valence-electron chi connectivity index (χ0n) is 3.77. The molecule has 0 aromatic heterocycles. The molecule has 0 spiro atoms. The summed E-state index contributed by atoms with van der Waals surface area (Å²) in [6, 6.07) is 0. The van der Waals surface area contributed by atoms with Gasteiger partial charge in [-0.25, -0.2) is 8.42 Å². The van der Waals surface area contributed by atoms with Crippen molar-refractivity contribution in [1.82, 2.24) is 0 Å². The van der Waals surface area contributed by atoms with Crippen LogP contribution >= 0.6 is 0 Å². The first-order valence-corrected chi connectivity index (χ1v) is 2.15. The third-order valence-electron chi connectivity index (χ3n) is 0.0772. The van der Waals surface area contributed by atoms with E-state index >= 15 is 0 Å². The molecule has 0 fully saturated rings. The van der Waals surface area contributed by atoms with Gasteiger partial charge in [0.25, 0.3) is 0 Å². The second-order valence-electron chi connectivity index (χ2n) is 0.471. The smallest absolute Gasteiger partial charge is 0.724 e. The van der Waals surface area contributed by atoms with Crippen LogP contribution in [0.3, 0.4) is 0 Å². The van der Waals surface area contributed by atoms with E-state index in [1.54, 1.807) is 0 Å². The molecule has 0 N–H and O–H groups in total. The van der Waals surface area contributed by atoms with E-state index in [9.17, 15) is 4.53 Å². The van der Waals surface area contributed by atoms with E-state index in [1.807, 2.05) is 4.39 Å². The minimum Gasteiger partial charge on any atom is -0.724 e. The molecule has 8 heavy (non-hydrogen) atoms. The molecule has 0 aromatic carbocycles. The molecule has 8 heteroatoms. The molecule has 46 valence electrons. The Balaban J connectivity index is -0.000000125. The summed E-state index contributed by atoms with van der Waals surface area (Å²) in [5.41, 5.74) is 0. The average molecular weight is 194 g/mol. The Labute approximate surface area is 78.4 Å². The summed E-state index contributed by atoms with van der Waals surface area (Å²) in [5.74, 6) is 0. The molecule has 0 aliphatic rings.